The molecule has 1 fully saturated rings. The highest BCUT2D eigenvalue weighted by Gasteiger charge is 2.28. The second-order valence-electron chi connectivity index (χ2n) is 7.84. The van der Waals surface area contributed by atoms with Crippen LogP contribution in [-0.2, 0) is 16.0 Å². The Bertz CT molecular complexity index is 736. The van der Waals surface area contributed by atoms with Crippen molar-refractivity contribution < 1.29 is 9.59 Å². The molecule has 0 saturated carbocycles. The maximum Gasteiger partial charge on any atom is 0.247 e. The van der Waals surface area contributed by atoms with Crippen LogP contribution in [0.25, 0.3) is 0 Å². The number of likely N-dealkylation sites (tertiary alicyclic amines) is 1. The van der Waals surface area contributed by atoms with Crippen molar-refractivity contribution in [3.8, 4) is 0 Å². The van der Waals surface area contributed by atoms with E-state index in [-0.39, 0.29) is 17.9 Å². The summed E-state index contributed by atoms with van der Waals surface area (Å²) in [6.45, 7) is 7.63. The van der Waals surface area contributed by atoms with Gasteiger partial charge in [0.15, 0.2) is 0 Å². The zero-order valence-corrected chi connectivity index (χ0v) is 16.2. The fourth-order valence-electron chi connectivity index (χ4n) is 4.11. The highest BCUT2D eigenvalue weighted by Crippen LogP contribution is 2.25. The average molecular weight is 354 g/mol. The molecular formula is C22H30N2O2. The molecule has 4 nitrogen and oxygen atoms in total. The molecule has 0 spiro atoms. The number of carbonyl (C=O) groups excluding carboxylic acids is 2. The number of aryl methyl sites for hydroxylation is 3. The van der Waals surface area contributed by atoms with Gasteiger partial charge in [0.05, 0.1) is 0 Å². The van der Waals surface area contributed by atoms with Crippen molar-refractivity contribution in [1.82, 2.24) is 10.2 Å². The van der Waals surface area contributed by atoms with Crippen molar-refractivity contribution in [2.75, 3.05) is 13.1 Å². The van der Waals surface area contributed by atoms with Crippen molar-refractivity contribution in [3.63, 3.8) is 0 Å². The Morgan fingerprint density at radius 1 is 1.19 bits per heavy atom. The molecule has 1 aromatic carbocycles. The molecule has 140 valence electrons. The molecule has 0 radical (unpaired) electrons. The van der Waals surface area contributed by atoms with E-state index in [4.69, 9.17) is 0 Å². The van der Waals surface area contributed by atoms with Crippen molar-refractivity contribution in [2.24, 2.45) is 0 Å². The van der Waals surface area contributed by atoms with Crippen LogP contribution in [0.5, 0.6) is 0 Å². The van der Waals surface area contributed by atoms with Crippen molar-refractivity contribution in [1.29, 1.82) is 0 Å². The second-order valence-corrected chi connectivity index (χ2v) is 7.84. The van der Waals surface area contributed by atoms with Gasteiger partial charge in [0.25, 0.3) is 0 Å². The third-order valence-electron chi connectivity index (χ3n) is 5.75. The summed E-state index contributed by atoms with van der Waals surface area (Å²) in [4.78, 5) is 26.8. The van der Waals surface area contributed by atoms with Crippen LogP contribution in [0.3, 0.4) is 0 Å². The van der Waals surface area contributed by atoms with Gasteiger partial charge in [-0.1, -0.05) is 29.3 Å². The van der Waals surface area contributed by atoms with E-state index in [1.54, 1.807) is 0 Å². The topological polar surface area (TPSA) is 49.4 Å². The van der Waals surface area contributed by atoms with Crippen molar-refractivity contribution in [2.45, 2.75) is 65.3 Å². The van der Waals surface area contributed by atoms with Crippen molar-refractivity contribution >= 4 is 11.8 Å². The molecule has 1 aliphatic heterocycles. The molecule has 0 aromatic heterocycles. The maximum atomic E-state index is 12.5. The van der Waals surface area contributed by atoms with E-state index in [2.05, 4.69) is 44.3 Å². The van der Waals surface area contributed by atoms with Crippen LogP contribution in [0, 0.1) is 13.8 Å². The third-order valence-corrected chi connectivity index (χ3v) is 5.75. The molecule has 1 saturated heterocycles. The van der Waals surface area contributed by atoms with E-state index in [0.717, 1.165) is 44.2 Å². The summed E-state index contributed by atoms with van der Waals surface area (Å²) in [5.41, 5.74) is 5.94. The van der Waals surface area contributed by atoms with Crippen LogP contribution in [0.15, 0.2) is 29.3 Å². The summed E-state index contributed by atoms with van der Waals surface area (Å²) in [5.74, 6) is 0.271. The molecule has 4 heteroatoms. The Balaban J connectivity index is 1.48. The number of carbonyl (C=O) groups is 2. The average Bonchev–Trinajstić information content (AvgIpc) is 3.22. The quantitative estimate of drug-likeness (QED) is 0.880. The lowest BCUT2D eigenvalue weighted by Crippen LogP contribution is -2.39. The van der Waals surface area contributed by atoms with Gasteiger partial charge in [0.2, 0.25) is 11.8 Å². The molecule has 3 rings (SSSR count). The van der Waals surface area contributed by atoms with Crippen molar-refractivity contribution in [3.05, 3.63) is 46.0 Å². The Hall–Kier alpha value is -2.10. The maximum absolute atomic E-state index is 12.5. The summed E-state index contributed by atoms with van der Waals surface area (Å²) in [6.07, 6.45) is 5.19. The summed E-state index contributed by atoms with van der Waals surface area (Å²) in [7, 11) is 0. The van der Waals surface area contributed by atoms with Gasteiger partial charge < -0.3 is 10.2 Å². The molecule has 2 aliphatic rings. The van der Waals surface area contributed by atoms with Crippen LogP contribution in [0.4, 0.5) is 0 Å². The second kappa shape index (κ2) is 8.07. The molecule has 1 aliphatic carbocycles. The predicted octanol–water partition coefficient (Wildman–Crippen LogP) is 3.45. The molecule has 1 N–H and O–H groups in total. The zero-order chi connectivity index (χ0) is 18.7. The van der Waals surface area contributed by atoms with E-state index in [0.29, 0.717) is 13.0 Å². The van der Waals surface area contributed by atoms with E-state index in [1.165, 1.54) is 22.3 Å². The minimum atomic E-state index is 0.0783. The molecule has 1 heterocycles. The monoisotopic (exact) mass is 354 g/mol. The SMILES string of the molecule is CC1=C(C(=O)N[C@@H]2CCN(C(=O)CCc3ccc(C)cc3C)C2)CCC1. The van der Waals surface area contributed by atoms with Gasteiger partial charge >= 0.3 is 0 Å². The molecule has 0 bridgehead atoms. The first-order chi connectivity index (χ1) is 12.4. The standard InChI is InChI=1S/C22H30N2O2/c1-15-7-8-18(17(3)13-15)9-10-21(25)24-12-11-19(14-24)23-22(26)20-6-4-5-16(20)2/h7-8,13,19H,4-6,9-12,14H2,1-3H3,(H,23,26)/t19-/m1/s1. The fraction of sp³-hybridized carbons (Fsp3) is 0.545. The number of allylic oxidation sites excluding steroid dienone is 1. The zero-order valence-electron chi connectivity index (χ0n) is 16.2. The lowest BCUT2D eigenvalue weighted by Gasteiger charge is -2.18. The van der Waals surface area contributed by atoms with Crippen LogP contribution in [0.1, 0.15) is 55.7 Å². The summed E-state index contributed by atoms with van der Waals surface area (Å²) in [6, 6.07) is 6.49. The first kappa shape index (κ1) is 18.7. The summed E-state index contributed by atoms with van der Waals surface area (Å²) < 4.78 is 0. The smallest absolute Gasteiger partial charge is 0.247 e. The summed E-state index contributed by atoms with van der Waals surface area (Å²) in [5, 5.41) is 3.13. The van der Waals surface area contributed by atoms with Gasteiger partial charge in [-0.05, 0) is 64.0 Å². The van der Waals surface area contributed by atoms with Gasteiger partial charge in [-0.3, -0.25) is 9.59 Å². The van der Waals surface area contributed by atoms with Gasteiger partial charge in [-0.15, -0.1) is 0 Å². The lowest BCUT2D eigenvalue weighted by molar-refractivity contribution is -0.130. The van der Waals surface area contributed by atoms with Crippen LogP contribution < -0.4 is 5.32 Å². The van der Waals surface area contributed by atoms with Gasteiger partial charge in [-0.2, -0.15) is 0 Å². The van der Waals surface area contributed by atoms with E-state index >= 15 is 0 Å². The number of benzene rings is 1. The number of amides is 2. The minimum Gasteiger partial charge on any atom is -0.348 e. The minimum absolute atomic E-state index is 0.0783. The Kier molecular flexibility index (Phi) is 5.80. The highest BCUT2D eigenvalue weighted by atomic mass is 16.2. The van der Waals surface area contributed by atoms with E-state index < -0.39 is 0 Å². The Morgan fingerprint density at radius 3 is 2.69 bits per heavy atom. The first-order valence-electron chi connectivity index (χ1n) is 9.77. The van der Waals surface area contributed by atoms with E-state index in [9.17, 15) is 9.59 Å². The Labute approximate surface area is 156 Å². The normalized spacial score (nSPS) is 20.0. The third kappa shape index (κ3) is 4.35. The van der Waals surface area contributed by atoms with Crippen LogP contribution in [0.2, 0.25) is 0 Å². The van der Waals surface area contributed by atoms with Gasteiger partial charge in [0, 0.05) is 31.1 Å². The lowest BCUT2D eigenvalue weighted by atomic mass is 10.0. The number of rotatable bonds is 5. The summed E-state index contributed by atoms with van der Waals surface area (Å²) >= 11 is 0. The first-order valence-corrected chi connectivity index (χ1v) is 9.77. The van der Waals surface area contributed by atoms with Gasteiger partial charge in [0.1, 0.15) is 0 Å². The largest absolute Gasteiger partial charge is 0.348 e. The highest BCUT2D eigenvalue weighted by molar-refractivity contribution is 5.94. The van der Waals surface area contributed by atoms with Crippen LogP contribution in [-0.4, -0.2) is 35.8 Å². The van der Waals surface area contributed by atoms with E-state index in [1.807, 2.05) is 4.90 Å². The fourth-order valence-corrected chi connectivity index (χ4v) is 4.11. The molecular weight excluding hydrogens is 324 g/mol. The van der Waals surface area contributed by atoms with Crippen LogP contribution >= 0.6 is 0 Å². The number of hydrogen-bond acceptors (Lipinski definition) is 2. The molecule has 0 unspecified atom stereocenters. The number of nitrogens with one attached hydrogen (secondary N) is 1. The number of hydrogen-bond donors (Lipinski definition) is 1. The molecule has 1 atom stereocenters. The number of nitrogens with zero attached hydrogens (tertiary/aromatic N) is 1. The van der Waals surface area contributed by atoms with Gasteiger partial charge in [-0.25, -0.2) is 0 Å². The molecule has 1 aromatic rings. The Morgan fingerprint density at radius 2 is 2.00 bits per heavy atom. The predicted molar refractivity (Wildman–Crippen MR) is 104 cm³/mol. The molecule has 26 heavy (non-hydrogen) atoms. The molecule has 2 amide bonds.